The molecule has 0 radical (unpaired) electrons. The zero-order valence-electron chi connectivity index (χ0n) is 12.9. The van der Waals surface area contributed by atoms with Crippen molar-refractivity contribution in [2.75, 3.05) is 0 Å². The van der Waals surface area contributed by atoms with Crippen molar-refractivity contribution in [3.05, 3.63) is 74.6 Å². The van der Waals surface area contributed by atoms with Gasteiger partial charge in [0.15, 0.2) is 9.84 Å². The normalized spacial score (nSPS) is 12.0. The second-order valence-electron chi connectivity index (χ2n) is 5.35. The third kappa shape index (κ3) is 4.44. The van der Waals surface area contributed by atoms with Crippen LogP contribution in [0.2, 0.25) is 5.02 Å². The maximum absolute atomic E-state index is 12.4. The fraction of sp³-hybridized carbons (Fsp3) is 0.167. The van der Waals surface area contributed by atoms with Crippen molar-refractivity contribution in [3.8, 4) is 6.07 Å². The zero-order valence-corrected chi connectivity index (χ0v) is 14.4. The number of hydrogen-bond acceptors (Lipinski definition) is 3. The summed E-state index contributed by atoms with van der Waals surface area (Å²) in [5.74, 6) is -0.228. The highest BCUT2D eigenvalue weighted by Crippen LogP contribution is 2.20. The summed E-state index contributed by atoms with van der Waals surface area (Å²) in [5.41, 5.74) is 3.45. The summed E-state index contributed by atoms with van der Waals surface area (Å²) in [4.78, 5) is -0.240. The highest BCUT2D eigenvalue weighted by atomic mass is 35.5. The van der Waals surface area contributed by atoms with Gasteiger partial charge in [-0.2, -0.15) is 5.26 Å². The van der Waals surface area contributed by atoms with E-state index >= 15 is 0 Å². The molecule has 0 heterocycles. The molecule has 0 spiro atoms. The Bertz CT molecular complexity index is 892. The van der Waals surface area contributed by atoms with Gasteiger partial charge in [-0.25, -0.2) is 8.42 Å². The van der Waals surface area contributed by atoms with Gasteiger partial charge in [-0.3, -0.25) is 0 Å². The van der Waals surface area contributed by atoms with Crippen LogP contribution in [0.1, 0.15) is 22.3 Å². The molecule has 0 bridgehead atoms. The van der Waals surface area contributed by atoms with Gasteiger partial charge in [0.1, 0.15) is 11.0 Å². The predicted molar refractivity (Wildman–Crippen MR) is 93.6 cm³/mol. The summed E-state index contributed by atoms with van der Waals surface area (Å²) in [6.07, 6.45) is 1.41. The number of rotatable bonds is 4. The number of sulfone groups is 1. The highest BCUT2D eigenvalue weighted by molar-refractivity contribution is 7.95. The lowest BCUT2D eigenvalue weighted by Crippen LogP contribution is -2.06. The summed E-state index contributed by atoms with van der Waals surface area (Å²) >= 11 is 5.79. The molecule has 118 valence electrons. The van der Waals surface area contributed by atoms with Gasteiger partial charge in [0, 0.05) is 5.02 Å². The van der Waals surface area contributed by atoms with Gasteiger partial charge in [0.2, 0.25) is 0 Å². The van der Waals surface area contributed by atoms with Crippen molar-refractivity contribution >= 4 is 27.5 Å². The molecular formula is C18H16ClNO2S. The first-order valence-corrected chi connectivity index (χ1v) is 9.01. The number of nitriles is 1. The van der Waals surface area contributed by atoms with E-state index in [0.717, 1.165) is 11.1 Å². The third-order valence-electron chi connectivity index (χ3n) is 3.54. The van der Waals surface area contributed by atoms with Crippen LogP contribution in [-0.4, -0.2) is 8.42 Å². The minimum absolute atomic E-state index is 0.228. The Morgan fingerprint density at radius 3 is 2.35 bits per heavy atom. The van der Waals surface area contributed by atoms with E-state index in [1.54, 1.807) is 36.4 Å². The fourth-order valence-electron chi connectivity index (χ4n) is 2.08. The molecule has 0 saturated heterocycles. The van der Waals surface area contributed by atoms with Crippen LogP contribution in [-0.2, 0) is 15.6 Å². The molecule has 2 rings (SSSR count). The van der Waals surface area contributed by atoms with Crippen molar-refractivity contribution < 1.29 is 8.42 Å². The van der Waals surface area contributed by atoms with Gasteiger partial charge < -0.3 is 0 Å². The molecule has 0 aliphatic carbocycles. The van der Waals surface area contributed by atoms with Crippen molar-refractivity contribution in [2.45, 2.75) is 19.6 Å². The monoisotopic (exact) mass is 345 g/mol. The molecule has 0 aromatic heterocycles. The number of benzene rings is 2. The molecule has 0 aliphatic heterocycles. The van der Waals surface area contributed by atoms with Crippen molar-refractivity contribution in [1.82, 2.24) is 0 Å². The lowest BCUT2D eigenvalue weighted by molar-refractivity contribution is 0.602. The van der Waals surface area contributed by atoms with Crippen molar-refractivity contribution in [2.24, 2.45) is 0 Å². The van der Waals surface area contributed by atoms with Gasteiger partial charge in [-0.15, -0.1) is 0 Å². The Morgan fingerprint density at radius 1 is 1.13 bits per heavy atom. The van der Waals surface area contributed by atoms with Gasteiger partial charge in [-0.1, -0.05) is 41.9 Å². The quantitative estimate of drug-likeness (QED) is 0.770. The molecule has 0 aliphatic rings. The van der Waals surface area contributed by atoms with Gasteiger partial charge in [0.25, 0.3) is 0 Å². The molecule has 0 atom stereocenters. The predicted octanol–water partition coefficient (Wildman–Crippen LogP) is 4.44. The van der Waals surface area contributed by atoms with Crippen LogP contribution in [0.25, 0.3) is 6.08 Å². The van der Waals surface area contributed by atoms with E-state index < -0.39 is 9.84 Å². The molecular weight excluding hydrogens is 330 g/mol. The van der Waals surface area contributed by atoms with E-state index in [1.165, 1.54) is 6.08 Å². The van der Waals surface area contributed by atoms with Crippen LogP contribution in [0.15, 0.2) is 47.4 Å². The van der Waals surface area contributed by atoms with E-state index in [0.29, 0.717) is 16.1 Å². The molecule has 0 amide bonds. The zero-order chi connectivity index (χ0) is 17.0. The summed E-state index contributed by atoms with van der Waals surface area (Å²) < 4.78 is 24.9. The van der Waals surface area contributed by atoms with Gasteiger partial charge in [0.05, 0.1) is 5.75 Å². The SMILES string of the molecule is Cc1ccc(C=C(C#N)S(=O)(=O)Cc2ccc(Cl)cc2)cc1C. The standard InChI is InChI=1S/C18H16ClNO2S/c1-13-3-4-16(9-14(13)2)10-18(11-20)23(21,22)12-15-5-7-17(19)8-6-15/h3-10H,12H2,1-2H3. The molecule has 0 fully saturated rings. The number of hydrogen-bond donors (Lipinski definition) is 0. The first-order chi connectivity index (χ1) is 10.8. The highest BCUT2D eigenvalue weighted by Gasteiger charge is 2.18. The van der Waals surface area contributed by atoms with Crippen LogP contribution >= 0.6 is 11.6 Å². The van der Waals surface area contributed by atoms with Crippen LogP contribution in [0.5, 0.6) is 0 Å². The Kier molecular flexibility index (Phi) is 5.25. The molecule has 2 aromatic rings. The molecule has 2 aromatic carbocycles. The van der Waals surface area contributed by atoms with E-state index in [4.69, 9.17) is 11.6 Å². The number of halogens is 1. The topological polar surface area (TPSA) is 57.9 Å². The summed E-state index contributed by atoms with van der Waals surface area (Å²) in [7, 11) is -3.70. The Morgan fingerprint density at radius 2 is 1.78 bits per heavy atom. The fourth-order valence-corrected chi connectivity index (χ4v) is 3.44. The maximum Gasteiger partial charge on any atom is 0.192 e. The van der Waals surface area contributed by atoms with Crippen molar-refractivity contribution in [3.63, 3.8) is 0 Å². The lowest BCUT2D eigenvalue weighted by Gasteiger charge is -2.05. The van der Waals surface area contributed by atoms with Gasteiger partial charge >= 0.3 is 0 Å². The van der Waals surface area contributed by atoms with Crippen LogP contribution < -0.4 is 0 Å². The second kappa shape index (κ2) is 6.99. The first kappa shape index (κ1) is 17.3. The largest absolute Gasteiger partial charge is 0.223 e. The lowest BCUT2D eigenvalue weighted by atomic mass is 10.1. The third-order valence-corrected chi connectivity index (χ3v) is 5.39. The Balaban J connectivity index is 2.34. The van der Waals surface area contributed by atoms with Crippen molar-refractivity contribution in [1.29, 1.82) is 5.26 Å². The number of allylic oxidation sites excluding steroid dienone is 1. The molecule has 5 heteroatoms. The molecule has 0 unspecified atom stereocenters. The van der Waals surface area contributed by atoms with Crippen LogP contribution in [0.4, 0.5) is 0 Å². The Hall–Kier alpha value is -2.09. The molecule has 23 heavy (non-hydrogen) atoms. The number of nitrogens with zero attached hydrogens (tertiary/aromatic N) is 1. The maximum atomic E-state index is 12.4. The van der Waals surface area contributed by atoms with Gasteiger partial charge in [-0.05, 0) is 54.3 Å². The van der Waals surface area contributed by atoms with E-state index in [2.05, 4.69) is 0 Å². The molecule has 0 N–H and O–H groups in total. The minimum Gasteiger partial charge on any atom is -0.223 e. The van der Waals surface area contributed by atoms with E-state index in [9.17, 15) is 13.7 Å². The summed E-state index contributed by atoms with van der Waals surface area (Å²) in [5, 5.41) is 9.79. The van der Waals surface area contributed by atoms with E-state index in [-0.39, 0.29) is 10.7 Å². The average Bonchev–Trinajstić information content (AvgIpc) is 2.50. The second-order valence-corrected chi connectivity index (χ2v) is 7.74. The smallest absolute Gasteiger partial charge is 0.192 e. The van der Waals surface area contributed by atoms with E-state index in [1.807, 2.05) is 26.0 Å². The average molecular weight is 346 g/mol. The molecule has 0 saturated carbocycles. The summed E-state index contributed by atoms with van der Waals surface area (Å²) in [6.45, 7) is 3.92. The first-order valence-electron chi connectivity index (χ1n) is 6.98. The minimum atomic E-state index is -3.70. The molecule has 3 nitrogen and oxygen atoms in total. The number of aryl methyl sites for hydroxylation is 2. The Labute approximate surface area is 141 Å². The van der Waals surface area contributed by atoms with Crippen LogP contribution in [0.3, 0.4) is 0 Å². The summed E-state index contributed by atoms with van der Waals surface area (Å²) in [6, 6.07) is 13.9. The van der Waals surface area contributed by atoms with Crippen LogP contribution in [0, 0.1) is 25.2 Å².